The van der Waals surface area contributed by atoms with E-state index >= 15 is 0 Å². The molecule has 0 saturated heterocycles. The van der Waals surface area contributed by atoms with Crippen molar-refractivity contribution in [1.82, 2.24) is 4.98 Å². The van der Waals surface area contributed by atoms with Gasteiger partial charge in [0.15, 0.2) is 0 Å². The maximum atomic E-state index is 11.8. The van der Waals surface area contributed by atoms with E-state index in [0.29, 0.717) is 11.3 Å². The summed E-state index contributed by atoms with van der Waals surface area (Å²) in [7, 11) is 1.42. The van der Waals surface area contributed by atoms with Gasteiger partial charge in [0, 0.05) is 23.4 Å². The smallest absolute Gasteiger partial charge is 0.310 e. The molecule has 1 heterocycles. The summed E-state index contributed by atoms with van der Waals surface area (Å²) < 4.78 is 4.83. The van der Waals surface area contributed by atoms with Crippen LogP contribution in [0.2, 0.25) is 0 Å². The Bertz CT molecular complexity index is 1250. The first-order valence-electron chi connectivity index (χ1n) is 14.2. The number of rotatable bonds is 10. The van der Waals surface area contributed by atoms with Crippen LogP contribution in [0.5, 0.6) is 0 Å². The Morgan fingerprint density at radius 2 is 1.55 bits per heavy atom. The lowest BCUT2D eigenvalue weighted by atomic mass is 9.69. The van der Waals surface area contributed by atoms with E-state index in [2.05, 4.69) is 96.8 Å². The molecule has 0 amide bonds. The number of esters is 1. The van der Waals surface area contributed by atoms with Gasteiger partial charge in [0.2, 0.25) is 0 Å². The van der Waals surface area contributed by atoms with Gasteiger partial charge in [0.25, 0.3) is 0 Å². The molecule has 3 heteroatoms. The van der Waals surface area contributed by atoms with E-state index in [1.165, 1.54) is 41.3 Å². The van der Waals surface area contributed by atoms with Crippen molar-refractivity contribution in [2.75, 3.05) is 7.11 Å². The highest BCUT2D eigenvalue weighted by molar-refractivity contribution is 5.74. The number of hydrogen-bond donors (Lipinski definition) is 0. The van der Waals surface area contributed by atoms with Crippen LogP contribution in [-0.2, 0) is 27.8 Å². The van der Waals surface area contributed by atoms with Crippen LogP contribution in [0.15, 0.2) is 54.9 Å². The highest BCUT2D eigenvalue weighted by atomic mass is 16.5. The van der Waals surface area contributed by atoms with Crippen molar-refractivity contribution >= 4 is 5.97 Å². The molecule has 38 heavy (non-hydrogen) atoms. The lowest BCUT2D eigenvalue weighted by Crippen LogP contribution is -2.26. The third-order valence-electron chi connectivity index (χ3n) is 8.89. The Morgan fingerprint density at radius 3 is 2.11 bits per heavy atom. The van der Waals surface area contributed by atoms with Crippen LogP contribution in [0, 0.1) is 25.2 Å². The fraction of sp³-hybridized carbons (Fsp3) is 0.486. The van der Waals surface area contributed by atoms with E-state index in [4.69, 9.17) is 4.74 Å². The summed E-state index contributed by atoms with van der Waals surface area (Å²) in [5, 5.41) is 0. The quantitative estimate of drug-likeness (QED) is 0.254. The Kier molecular flexibility index (Phi) is 9.57. The van der Waals surface area contributed by atoms with E-state index in [1.807, 2.05) is 12.3 Å². The molecule has 0 bridgehead atoms. The van der Waals surface area contributed by atoms with Gasteiger partial charge in [-0.3, -0.25) is 9.78 Å². The zero-order valence-electron chi connectivity index (χ0n) is 25.1. The van der Waals surface area contributed by atoms with Gasteiger partial charge in [0.1, 0.15) is 0 Å². The maximum absolute atomic E-state index is 11.8. The molecule has 0 N–H and O–H groups in total. The third-order valence-corrected chi connectivity index (χ3v) is 8.89. The lowest BCUT2D eigenvalue weighted by molar-refractivity contribution is -0.139. The Labute approximate surface area is 231 Å². The first kappa shape index (κ1) is 29.6. The number of methoxy groups -OCH3 is 1. The number of benzene rings is 2. The van der Waals surface area contributed by atoms with E-state index in [-0.39, 0.29) is 17.8 Å². The minimum absolute atomic E-state index is 0.0315. The minimum atomic E-state index is -0.253. The number of aryl methyl sites for hydroxylation is 3. The monoisotopic (exact) mass is 513 g/mol. The van der Waals surface area contributed by atoms with Crippen LogP contribution >= 0.6 is 0 Å². The minimum Gasteiger partial charge on any atom is -0.469 e. The fourth-order valence-electron chi connectivity index (χ4n) is 5.57. The molecule has 0 aliphatic carbocycles. The normalized spacial score (nSPS) is 12.9. The number of hydrogen-bond acceptors (Lipinski definition) is 3. The molecule has 1 unspecified atom stereocenters. The van der Waals surface area contributed by atoms with Crippen molar-refractivity contribution < 1.29 is 9.53 Å². The molecule has 0 spiro atoms. The average Bonchev–Trinajstić information content (AvgIpc) is 2.88. The number of aromatic nitrogens is 1. The predicted octanol–water partition coefficient (Wildman–Crippen LogP) is 8.80. The van der Waals surface area contributed by atoms with Gasteiger partial charge in [-0.05, 0) is 95.9 Å². The second-order valence-electron chi connectivity index (χ2n) is 12.1. The van der Waals surface area contributed by atoms with Gasteiger partial charge >= 0.3 is 5.97 Å². The van der Waals surface area contributed by atoms with Gasteiger partial charge in [0.05, 0.1) is 13.5 Å². The molecule has 0 aliphatic rings. The molecular formula is C35H47NO2. The summed E-state index contributed by atoms with van der Waals surface area (Å²) >= 11 is 0. The predicted molar refractivity (Wildman–Crippen MR) is 160 cm³/mol. The summed E-state index contributed by atoms with van der Waals surface area (Å²) in [5.41, 5.74) is 10.2. The van der Waals surface area contributed by atoms with Gasteiger partial charge in [-0.1, -0.05) is 77.9 Å². The molecular weight excluding hydrogens is 466 g/mol. The Balaban J connectivity index is 1.92. The molecule has 3 nitrogen and oxygen atoms in total. The Morgan fingerprint density at radius 1 is 0.921 bits per heavy atom. The van der Waals surface area contributed by atoms with Crippen molar-refractivity contribution in [3.63, 3.8) is 0 Å². The van der Waals surface area contributed by atoms with Gasteiger partial charge in [-0.2, -0.15) is 0 Å². The van der Waals surface area contributed by atoms with Gasteiger partial charge < -0.3 is 4.74 Å². The van der Waals surface area contributed by atoms with Crippen molar-refractivity contribution in [3.8, 4) is 11.1 Å². The van der Waals surface area contributed by atoms with Crippen LogP contribution in [0.3, 0.4) is 0 Å². The molecule has 1 atom stereocenters. The summed E-state index contributed by atoms with van der Waals surface area (Å²) in [6.45, 7) is 18.5. The largest absolute Gasteiger partial charge is 0.469 e. The van der Waals surface area contributed by atoms with E-state index < -0.39 is 0 Å². The van der Waals surface area contributed by atoms with E-state index in [9.17, 15) is 4.79 Å². The summed E-state index contributed by atoms with van der Waals surface area (Å²) in [6.07, 6.45) is 8.26. The van der Waals surface area contributed by atoms with Crippen LogP contribution < -0.4 is 0 Å². The SMILES string of the molecule is CCC(CC)(c1ccc(CCC(C)C(C)(C)C)c(C)c1)c1ccc(-c2cncc(CC(=O)OC)c2)c(C)c1. The molecule has 0 fully saturated rings. The number of carbonyl (C=O) groups excluding carboxylic acids is 1. The van der Waals surface area contributed by atoms with Gasteiger partial charge in [-0.15, -0.1) is 0 Å². The summed E-state index contributed by atoms with van der Waals surface area (Å²) in [5.74, 6) is 0.432. The number of nitrogens with zero attached hydrogens (tertiary/aromatic N) is 1. The van der Waals surface area contributed by atoms with E-state index in [0.717, 1.165) is 36.0 Å². The summed E-state index contributed by atoms with van der Waals surface area (Å²) in [4.78, 5) is 16.1. The molecule has 2 aromatic carbocycles. The average molecular weight is 514 g/mol. The summed E-state index contributed by atoms with van der Waals surface area (Å²) in [6, 6.07) is 16.1. The first-order chi connectivity index (χ1) is 17.9. The molecule has 1 aromatic heterocycles. The highest BCUT2D eigenvalue weighted by Gasteiger charge is 2.31. The molecule has 0 radical (unpaired) electrons. The van der Waals surface area contributed by atoms with Crippen molar-refractivity contribution in [2.24, 2.45) is 11.3 Å². The maximum Gasteiger partial charge on any atom is 0.310 e. The van der Waals surface area contributed by atoms with Crippen molar-refractivity contribution in [1.29, 1.82) is 0 Å². The molecule has 3 rings (SSSR count). The molecule has 3 aromatic rings. The Hall–Kier alpha value is -2.94. The second-order valence-corrected chi connectivity index (χ2v) is 12.1. The second kappa shape index (κ2) is 12.3. The van der Waals surface area contributed by atoms with Crippen molar-refractivity contribution in [2.45, 2.75) is 92.9 Å². The number of carbonyl (C=O) groups is 1. The van der Waals surface area contributed by atoms with Gasteiger partial charge in [-0.25, -0.2) is 0 Å². The first-order valence-corrected chi connectivity index (χ1v) is 14.2. The van der Waals surface area contributed by atoms with Crippen LogP contribution in [0.4, 0.5) is 0 Å². The topological polar surface area (TPSA) is 39.2 Å². The van der Waals surface area contributed by atoms with Crippen LogP contribution in [0.1, 0.15) is 94.2 Å². The van der Waals surface area contributed by atoms with Crippen molar-refractivity contribution in [3.05, 3.63) is 88.2 Å². The fourth-order valence-corrected chi connectivity index (χ4v) is 5.57. The number of ether oxygens (including phenoxy) is 1. The lowest BCUT2D eigenvalue weighted by Gasteiger charge is -2.34. The molecule has 204 valence electrons. The van der Waals surface area contributed by atoms with E-state index in [1.54, 1.807) is 6.20 Å². The zero-order valence-corrected chi connectivity index (χ0v) is 25.1. The standard InChI is InChI=1S/C35H47NO2/c1-10-35(11-2,30-15-14-28(24(3)18-30)13-12-26(5)34(6,7)8)31-16-17-32(25(4)19-31)29-20-27(22-36-23-29)21-33(37)38-9/h14-20,22-23,26H,10-13,21H2,1-9H3. The number of pyridine rings is 1. The highest BCUT2D eigenvalue weighted by Crippen LogP contribution is 2.41. The third kappa shape index (κ3) is 6.54. The van der Waals surface area contributed by atoms with Crippen LogP contribution in [-0.4, -0.2) is 18.1 Å². The molecule has 0 aliphatic heterocycles. The van der Waals surface area contributed by atoms with Crippen LogP contribution in [0.25, 0.3) is 11.1 Å². The molecule has 0 saturated carbocycles. The zero-order chi connectivity index (χ0) is 28.1.